The summed E-state index contributed by atoms with van der Waals surface area (Å²) in [6.07, 6.45) is 2.39. The molecule has 186 valence electrons. The fraction of sp³-hybridized carbons (Fsp3) is 0.258. The van der Waals surface area contributed by atoms with Crippen LogP contribution in [0, 0.1) is 0 Å². The standard InChI is InChI=1S/C31H34O4P/c1-23-27(29(33)31(35-3)30(34-2)28(23)32)21-13-14-22-36(24-15-7-4-8-16-24,25-17-9-5-10-18-25)26-19-11-6-12-20-26/h4-12,15-20,28,32H,13-14,21-22H2,1-3H3/q+1. The topological polar surface area (TPSA) is 55.8 Å². The van der Waals surface area contributed by atoms with Crippen molar-refractivity contribution in [2.45, 2.75) is 32.3 Å². The predicted molar refractivity (Wildman–Crippen MR) is 149 cm³/mol. The van der Waals surface area contributed by atoms with E-state index in [4.69, 9.17) is 9.47 Å². The van der Waals surface area contributed by atoms with Crippen molar-refractivity contribution in [3.05, 3.63) is 114 Å². The van der Waals surface area contributed by atoms with E-state index in [1.807, 2.05) is 0 Å². The van der Waals surface area contributed by atoms with Crippen molar-refractivity contribution >= 4 is 29.0 Å². The highest BCUT2D eigenvalue weighted by Gasteiger charge is 2.44. The summed E-state index contributed by atoms with van der Waals surface area (Å²) in [4.78, 5) is 13.1. The molecule has 36 heavy (non-hydrogen) atoms. The first-order valence-electron chi connectivity index (χ1n) is 12.3. The molecule has 0 fully saturated rings. The zero-order chi connectivity index (χ0) is 25.5. The van der Waals surface area contributed by atoms with Crippen molar-refractivity contribution in [1.29, 1.82) is 0 Å². The first kappa shape index (κ1) is 25.9. The molecule has 0 heterocycles. The van der Waals surface area contributed by atoms with E-state index in [9.17, 15) is 9.90 Å². The van der Waals surface area contributed by atoms with Crippen LogP contribution >= 0.6 is 7.26 Å². The van der Waals surface area contributed by atoms with Crippen LogP contribution in [-0.2, 0) is 14.3 Å². The van der Waals surface area contributed by atoms with Gasteiger partial charge in [0.1, 0.15) is 29.3 Å². The van der Waals surface area contributed by atoms with Crippen molar-refractivity contribution in [3.63, 3.8) is 0 Å². The summed E-state index contributed by atoms with van der Waals surface area (Å²) in [5.41, 5.74) is 1.27. The Kier molecular flexibility index (Phi) is 8.40. The quantitative estimate of drug-likeness (QED) is 0.317. The van der Waals surface area contributed by atoms with Crippen molar-refractivity contribution in [2.24, 2.45) is 0 Å². The number of hydrogen-bond donors (Lipinski definition) is 1. The Morgan fingerprint density at radius 3 is 1.64 bits per heavy atom. The first-order valence-corrected chi connectivity index (χ1v) is 14.3. The number of carbonyl (C=O) groups excluding carboxylic acids is 1. The fourth-order valence-corrected chi connectivity index (χ4v) is 9.57. The lowest BCUT2D eigenvalue weighted by molar-refractivity contribution is -0.116. The van der Waals surface area contributed by atoms with Gasteiger partial charge in [0.25, 0.3) is 0 Å². The molecule has 0 aliphatic heterocycles. The van der Waals surface area contributed by atoms with Gasteiger partial charge in [-0.1, -0.05) is 54.6 Å². The van der Waals surface area contributed by atoms with Gasteiger partial charge < -0.3 is 14.6 Å². The maximum absolute atomic E-state index is 13.1. The fourth-order valence-electron chi connectivity index (χ4n) is 5.15. The van der Waals surface area contributed by atoms with Crippen LogP contribution in [0.4, 0.5) is 0 Å². The van der Waals surface area contributed by atoms with Gasteiger partial charge in [-0.05, 0) is 68.2 Å². The maximum Gasteiger partial charge on any atom is 0.227 e. The largest absolute Gasteiger partial charge is 0.494 e. The Morgan fingerprint density at radius 2 is 1.22 bits per heavy atom. The minimum Gasteiger partial charge on any atom is -0.494 e. The third kappa shape index (κ3) is 4.89. The average Bonchev–Trinajstić information content (AvgIpc) is 2.93. The molecule has 1 atom stereocenters. The van der Waals surface area contributed by atoms with Crippen LogP contribution in [0.1, 0.15) is 26.2 Å². The highest BCUT2D eigenvalue weighted by Crippen LogP contribution is 2.56. The average molecular weight is 502 g/mol. The molecule has 0 saturated carbocycles. The van der Waals surface area contributed by atoms with Gasteiger partial charge in [-0.2, -0.15) is 0 Å². The van der Waals surface area contributed by atoms with Gasteiger partial charge in [-0.25, -0.2) is 0 Å². The van der Waals surface area contributed by atoms with E-state index >= 15 is 0 Å². The Balaban J connectivity index is 1.63. The van der Waals surface area contributed by atoms with Crippen molar-refractivity contribution in [2.75, 3.05) is 20.4 Å². The zero-order valence-electron chi connectivity index (χ0n) is 21.2. The molecule has 0 amide bonds. The third-order valence-electron chi connectivity index (χ3n) is 7.02. The van der Waals surface area contributed by atoms with Crippen LogP contribution in [0.15, 0.2) is 114 Å². The van der Waals surface area contributed by atoms with Gasteiger partial charge in [-0.15, -0.1) is 0 Å². The molecule has 1 aliphatic rings. The van der Waals surface area contributed by atoms with Gasteiger partial charge in [-0.3, -0.25) is 4.79 Å². The van der Waals surface area contributed by atoms with E-state index in [1.54, 1.807) is 6.92 Å². The van der Waals surface area contributed by atoms with Gasteiger partial charge in [0, 0.05) is 5.57 Å². The van der Waals surface area contributed by atoms with E-state index in [2.05, 4.69) is 91.0 Å². The second-order valence-electron chi connectivity index (χ2n) is 8.99. The summed E-state index contributed by atoms with van der Waals surface area (Å²) in [5.74, 6) is 0.101. The summed E-state index contributed by atoms with van der Waals surface area (Å²) in [6.45, 7) is 1.80. The van der Waals surface area contributed by atoms with Gasteiger partial charge in [0.05, 0.1) is 20.4 Å². The summed E-state index contributed by atoms with van der Waals surface area (Å²) < 4.78 is 10.6. The molecule has 0 bridgehead atoms. The number of methoxy groups -OCH3 is 2. The molecule has 5 heteroatoms. The predicted octanol–water partition coefficient (Wildman–Crippen LogP) is 4.92. The minimum atomic E-state index is -1.90. The SMILES string of the molecule is COC1=C(OC)C(O)C(C)=C(CCCC[P+](c2ccccc2)(c2ccccc2)c2ccccc2)C1=O. The number of ether oxygens (including phenoxy) is 2. The molecular weight excluding hydrogens is 467 g/mol. The van der Waals surface area contributed by atoms with Crippen LogP contribution in [0.5, 0.6) is 0 Å². The number of benzene rings is 3. The second kappa shape index (κ2) is 11.7. The second-order valence-corrected chi connectivity index (χ2v) is 12.6. The minimum absolute atomic E-state index is 0.102. The van der Waals surface area contributed by atoms with Gasteiger partial charge >= 0.3 is 0 Å². The number of aliphatic hydroxyl groups is 1. The molecule has 4 rings (SSSR count). The molecule has 1 N–H and O–H groups in total. The number of hydrogen-bond acceptors (Lipinski definition) is 4. The number of rotatable bonds is 10. The molecule has 3 aromatic rings. The Bertz CT molecular complexity index is 1140. The Morgan fingerprint density at radius 1 is 0.750 bits per heavy atom. The summed E-state index contributed by atoms with van der Waals surface area (Å²) in [6, 6.07) is 32.5. The molecule has 0 aromatic heterocycles. The summed E-state index contributed by atoms with van der Waals surface area (Å²) in [5, 5.41) is 14.8. The molecule has 1 aliphatic carbocycles. The smallest absolute Gasteiger partial charge is 0.227 e. The number of unbranched alkanes of at least 4 members (excludes halogenated alkanes) is 1. The Labute approximate surface area is 214 Å². The number of allylic oxidation sites excluding steroid dienone is 1. The van der Waals surface area contributed by atoms with Crippen LogP contribution in [0.3, 0.4) is 0 Å². The zero-order valence-corrected chi connectivity index (χ0v) is 22.1. The highest BCUT2D eigenvalue weighted by molar-refractivity contribution is 7.95. The number of ketones is 1. The summed E-state index contributed by atoms with van der Waals surface area (Å²) in [7, 11) is 0.985. The third-order valence-corrected chi connectivity index (χ3v) is 11.5. The van der Waals surface area contributed by atoms with Crippen molar-refractivity contribution in [1.82, 2.24) is 0 Å². The monoisotopic (exact) mass is 501 g/mol. The molecule has 0 saturated heterocycles. The lowest BCUT2D eigenvalue weighted by atomic mass is 9.89. The van der Waals surface area contributed by atoms with Crippen molar-refractivity contribution in [3.8, 4) is 0 Å². The van der Waals surface area contributed by atoms with E-state index in [0.29, 0.717) is 17.6 Å². The molecule has 0 radical (unpaired) electrons. The lowest BCUT2D eigenvalue weighted by Crippen LogP contribution is -2.33. The Hall–Kier alpha value is -3.20. The number of carbonyl (C=O) groups is 1. The van der Waals surface area contributed by atoms with Gasteiger partial charge in [0.15, 0.2) is 5.76 Å². The van der Waals surface area contributed by atoms with E-state index in [0.717, 1.165) is 19.0 Å². The molecule has 0 spiro atoms. The van der Waals surface area contributed by atoms with Crippen LogP contribution in [-0.4, -0.2) is 37.4 Å². The van der Waals surface area contributed by atoms with Gasteiger partial charge in [0.2, 0.25) is 11.5 Å². The van der Waals surface area contributed by atoms with Crippen LogP contribution in [0.25, 0.3) is 0 Å². The number of Topliss-reactive ketones (excluding diaryl/α,β-unsaturated/α-hetero) is 1. The normalized spacial score (nSPS) is 16.3. The highest BCUT2D eigenvalue weighted by atomic mass is 31.2. The van der Waals surface area contributed by atoms with Crippen molar-refractivity contribution < 1.29 is 19.4 Å². The molecular formula is C31H34O4P+. The summed E-state index contributed by atoms with van der Waals surface area (Å²) >= 11 is 0. The van der Waals surface area contributed by atoms with E-state index < -0.39 is 13.4 Å². The van der Waals surface area contributed by atoms with E-state index in [1.165, 1.54) is 30.1 Å². The molecule has 1 unspecified atom stereocenters. The number of aliphatic hydroxyl groups excluding tert-OH is 1. The molecule has 3 aromatic carbocycles. The first-order chi connectivity index (χ1) is 17.5. The van der Waals surface area contributed by atoms with Crippen LogP contribution < -0.4 is 15.9 Å². The maximum atomic E-state index is 13.1. The lowest BCUT2D eigenvalue weighted by Gasteiger charge is -2.28. The van der Waals surface area contributed by atoms with Crippen LogP contribution in [0.2, 0.25) is 0 Å². The molecule has 4 nitrogen and oxygen atoms in total. The van der Waals surface area contributed by atoms with E-state index in [-0.39, 0.29) is 17.3 Å².